The second kappa shape index (κ2) is 8.37. The summed E-state index contributed by atoms with van der Waals surface area (Å²) < 4.78 is 11.0. The fourth-order valence-electron chi connectivity index (χ4n) is 1.69. The van der Waals surface area contributed by atoms with E-state index in [0.29, 0.717) is 37.7 Å². The molecule has 0 heterocycles. The van der Waals surface area contributed by atoms with Crippen molar-refractivity contribution in [2.75, 3.05) is 19.8 Å². The number of aliphatic carboxylic acids is 1. The van der Waals surface area contributed by atoms with Crippen molar-refractivity contribution in [2.45, 2.75) is 26.3 Å². The lowest BCUT2D eigenvalue weighted by Gasteiger charge is -2.15. The third-order valence-electron chi connectivity index (χ3n) is 2.56. The summed E-state index contributed by atoms with van der Waals surface area (Å²) in [5.41, 5.74) is 0. The minimum Gasteiger partial charge on any atom is -0.490 e. The highest BCUT2D eigenvalue weighted by molar-refractivity contribution is 5.73. The number of carboxylic acids is 1. The van der Waals surface area contributed by atoms with E-state index in [1.165, 1.54) is 0 Å². The van der Waals surface area contributed by atoms with Gasteiger partial charge < -0.3 is 19.9 Å². The van der Waals surface area contributed by atoms with Gasteiger partial charge in [0, 0.05) is 6.42 Å². The first-order chi connectivity index (χ1) is 9.19. The number of hydrogen-bond acceptors (Lipinski definition) is 4. The first kappa shape index (κ1) is 15.3. The molecule has 2 N–H and O–H groups in total. The lowest BCUT2D eigenvalue weighted by atomic mass is 10.2. The van der Waals surface area contributed by atoms with Crippen molar-refractivity contribution in [1.82, 2.24) is 5.32 Å². The fourth-order valence-corrected chi connectivity index (χ4v) is 1.69. The van der Waals surface area contributed by atoms with E-state index in [0.717, 1.165) is 0 Å². The molecule has 1 rings (SSSR count). The molecule has 0 bridgehead atoms. The molecular formula is C14H21NO4. The maximum atomic E-state index is 11.0. The number of nitrogens with one attached hydrogen (secondary N) is 1. The molecule has 0 aliphatic rings. The Hall–Kier alpha value is -1.75. The molecule has 0 radical (unpaired) electrons. The predicted molar refractivity (Wildman–Crippen MR) is 72.8 cm³/mol. The van der Waals surface area contributed by atoms with Gasteiger partial charge in [-0.1, -0.05) is 19.1 Å². The van der Waals surface area contributed by atoms with E-state index in [2.05, 4.69) is 5.32 Å². The van der Waals surface area contributed by atoms with Crippen molar-refractivity contribution in [2.24, 2.45) is 0 Å². The molecule has 1 aromatic rings. The monoisotopic (exact) mass is 267 g/mol. The molecule has 5 heteroatoms. The van der Waals surface area contributed by atoms with Crippen molar-refractivity contribution in [3.63, 3.8) is 0 Å². The van der Waals surface area contributed by atoms with Gasteiger partial charge in [-0.15, -0.1) is 0 Å². The van der Waals surface area contributed by atoms with Gasteiger partial charge in [-0.05, 0) is 25.6 Å². The number of hydrogen-bond donors (Lipinski definition) is 2. The van der Waals surface area contributed by atoms with Crippen molar-refractivity contribution in [3.05, 3.63) is 24.3 Å². The van der Waals surface area contributed by atoms with Crippen molar-refractivity contribution in [1.29, 1.82) is 0 Å². The topological polar surface area (TPSA) is 67.8 Å². The van der Waals surface area contributed by atoms with E-state index >= 15 is 0 Å². The van der Waals surface area contributed by atoms with Gasteiger partial charge in [-0.2, -0.15) is 0 Å². The SMILES string of the molecule is CCNC(CCOc1ccccc1OCC)C(=O)O. The molecule has 1 unspecified atom stereocenters. The molecule has 0 spiro atoms. The van der Waals surface area contributed by atoms with Crippen LogP contribution in [0.1, 0.15) is 20.3 Å². The Morgan fingerprint density at radius 2 is 1.89 bits per heavy atom. The van der Waals surface area contributed by atoms with Crippen LogP contribution in [-0.2, 0) is 4.79 Å². The average molecular weight is 267 g/mol. The third-order valence-corrected chi connectivity index (χ3v) is 2.56. The summed E-state index contributed by atoms with van der Waals surface area (Å²) in [6, 6.07) is 6.79. The Morgan fingerprint density at radius 3 is 2.42 bits per heavy atom. The molecule has 1 aromatic carbocycles. The summed E-state index contributed by atoms with van der Waals surface area (Å²) in [6.07, 6.45) is 0.406. The average Bonchev–Trinajstić information content (AvgIpc) is 2.40. The van der Waals surface area contributed by atoms with Crippen LogP contribution in [0.5, 0.6) is 11.5 Å². The van der Waals surface area contributed by atoms with Crippen LogP contribution < -0.4 is 14.8 Å². The van der Waals surface area contributed by atoms with Gasteiger partial charge in [-0.25, -0.2) is 0 Å². The molecule has 1 atom stereocenters. The van der Waals surface area contributed by atoms with Crippen LogP contribution in [0.25, 0.3) is 0 Å². The maximum Gasteiger partial charge on any atom is 0.320 e. The van der Waals surface area contributed by atoms with E-state index in [4.69, 9.17) is 14.6 Å². The molecule has 0 saturated heterocycles. The lowest BCUT2D eigenvalue weighted by Crippen LogP contribution is -2.37. The Labute approximate surface area is 113 Å². The van der Waals surface area contributed by atoms with Gasteiger partial charge in [-0.3, -0.25) is 4.79 Å². The van der Waals surface area contributed by atoms with E-state index in [1.54, 1.807) is 0 Å². The highest BCUT2D eigenvalue weighted by Gasteiger charge is 2.15. The van der Waals surface area contributed by atoms with E-state index in [1.807, 2.05) is 38.1 Å². The summed E-state index contributed by atoms with van der Waals surface area (Å²) in [6.45, 7) is 5.29. The number of carboxylic acid groups (broad SMARTS) is 1. The predicted octanol–water partition coefficient (Wildman–Crippen LogP) is 1.92. The van der Waals surface area contributed by atoms with Crippen LogP contribution in [0.2, 0.25) is 0 Å². The van der Waals surface area contributed by atoms with Crippen molar-refractivity contribution >= 4 is 5.97 Å². The quantitative estimate of drug-likeness (QED) is 0.715. The molecular weight excluding hydrogens is 246 g/mol. The Morgan fingerprint density at radius 1 is 1.26 bits per heavy atom. The Kier molecular flexibility index (Phi) is 6.74. The summed E-state index contributed by atoms with van der Waals surface area (Å²) in [7, 11) is 0. The number of carbonyl (C=O) groups is 1. The van der Waals surface area contributed by atoms with Crippen LogP contribution in [-0.4, -0.2) is 36.9 Å². The lowest BCUT2D eigenvalue weighted by molar-refractivity contribution is -0.139. The normalized spacial score (nSPS) is 11.9. The summed E-state index contributed by atoms with van der Waals surface area (Å²) in [4.78, 5) is 11.0. The Balaban J connectivity index is 2.50. The summed E-state index contributed by atoms with van der Waals surface area (Å²) in [5.74, 6) is 0.467. The second-order valence-electron chi connectivity index (χ2n) is 3.97. The molecule has 0 aliphatic heterocycles. The largest absolute Gasteiger partial charge is 0.490 e. The molecule has 106 valence electrons. The Bertz CT molecular complexity index is 395. The number of para-hydroxylation sites is 2. The number of benzene rings is 1. The van der Waals surface area contributed by atoms with E-state index < -0.39 is 12.0 Å². The maximum absolute atomic E-state index is 11.0. The van der Waals surface area contributed by atoms with Gasteiger partial charge in [0.25, 0.3) is 0 Å². The number of likely N-dealkylation sites (N-methyl/N-ethyl adjacent to an activating group) is 1. The number of ether oxygens (including phenoxy) is 2. The second-order valence-corrected chi connectivity index (χ2v) is 3.97. The highest BCUT2D eigenvalue weighted by Crippen LogP contribution is 2.26. The first-order valence-electron chi connectivity index (χ1n) is 6.49. The summed E-state index contributed by atoms with van der Waals surface area (Å²) in [5, 5.41) is 11.9. The van der Waals surface area contributed by atoms with Gasteiger partial charge in [0.1, 0.15) is 6.04 Å². The first-order valence-corrected chi connectivity index (χ1v) is 6.49. The van der Waals surface area contributed by atoms with Crippen LogP contribution in [0.3, 0.4) is 0 Å². The zero-order chi connectivity index (χ0) is 14.1. The van der Waals surface area contributed by atoms with Gasteiger partial charge in [0.2, 0.25) is 0 Å². The van der Waals surface area contributed by atoms with Crippen LogP contribution in [0, 0.1) is 0 Å². The zero-order valence-corrected chi connectivity index (χ0v) is 11.4. The van der Waals surface area contributed by atoms with Crippen LogP contribution >= 0.6 is 0 Å². The summed E-state index contributed by atoms with van der Waals surface area (Å²) >= 11 is 0. The molecule has 0 aromatic heterocycles. The van der Waals surface area contributed by atoms with E-state index in [9.17, 15) is 4.79 Å². The minimum atomic E-state index is -0.858. The third kappa shape index (κ3) is 5.18. The standard InChI is InChI=1S/C14H21NO4/c1-3-15-11(14(16)17)9-10-19-13-8-6-5-7-12(13)18-4-2/h5-8,11,15H,3-4,9-10H2,1-2H3,(H,16,17). The molecule has 0 aliphatic carbocycles. The highest BCUT2D eigenvalue weighted by atomic mass is 16.5. The fraction of sp³-hybridized carbons (Fsp3) is 0.500. The smallest absolute Gasteiger partial charge is 0.320 e. The zero-order valence-electron chi connectivity index (χ0n) is 11.4. The molecule has 0 saturated carbocycles. The van der Waals surface area contributed by atoms with E-state index in [-0.39, 0.29) is 0 Å². The van der Waals surface area contributed by atoms with Gasteiger partial charge in [0.15, 0.2) is 11.5 Å². The molecule has 0 fully saturated rings. The van der Waals surface area contributed by atoms with Crippen molar-refractivity contribution in [3.8, 4) is 11.5 Å². The minimum absolute atomic E-state index is 0.327. The van der Waals surface area contributed by atoms with Gasteiger partial charge in [0.05, 0.1) is 13.2 Å². The molecule has 0 amide bonds. The van der Waals surface area contributed by atoms with Crippen LogP contribution in [0.4, 0.5) is 0 Å². The van der Waals surface area contributed by atoms with Gasteiger partial charge >= 0.3 is 5.97 Å². The van der Waals surface area contributed by atoms with Crippen LogP contribution in [0.15, 0.2) is 24.3 Å². The molecule has 19 heavy (non-hydrogen) atoms. The number of rotatable bonds is 9. The van der Waals surface area contributed by atoms with Crippen molar-refractivity contribution < 1.29 is 19.4 Å². The molecule has 5 nitrogen and oxygen atoms in total.